The van der Waals surface area contributed by atoms with Gasteiger partial charge in [0.05, 0.1) is 0 Å². The molecule has 0 atom stereocenters. The van der Waals surface area contributed by atoms with E-state index in [0.29, 0.717) is 17.2 Å². The zero-order chi connectivity index (χ0) is 12.0. The number of hydrogen-bond acceptors (Lipinski definition) is 3. The molecular formula is C11H14BrClO3. The number of aliphatic hydroxyl groups excluding tert-OH is 1. The van der Waals surface area contributed by atoms with Crippen LogP contribution in [0.15, 0.2) is 16.6 Å². The number of halogens is 2. The van der Waals surface area contributed by atoms with Gasteiger partial charge in [0.2, 0.25) is 0 Å². The molecule has 0 radical (unpaired) electrons. The minimum atomic E-state index is 0.157. The summed E-state index contributed by atoms with van der Waals surface area (Å²) in [5.74, 6) is 0.659. The van der Waals surface area contributed by atoms with E-state index >= 15 is 0 Å². The molecule has 1 aromatic carbocycles. The van der Waals surface area contributed by atoms with Crippen LogP contribution in [0.2, 0.25) is 5.02 Å². The van der Waals surface area contributed by atoms with Crippen LogP contribution in [-0.4, -0.2) is 25.6 Å². The van der Waals surface area contributed by atoms with Gasteiger partial charge in [0.25, 0.3) is 0 Å². The largest absolute Gasteiger partial charge is 0.467 e. The summed E-state index contributed by atoms with van der Waals surface area (Å²) in [6.07, 6.45) is 1.43. The number of hydrogen-bond donors (Lipinski definition) is 1. The van der Waals surface area contributed by atoms with Crippen molar-refractivity contribution in [3.8, 4) is 5.75 Å². The molecule has 0 bridgehead atoms. The third-order valence-electron chi connectivity index (χ3n) is 2.04. The van der Waals surface area contributed by atoms with Gasteiger partial charge in [0.1, 0.15) is 5.75 Å². The fraction of sp³-hybridized carbons (Fsp3) is 0.455. The second-order valence-electron chi connectivity index (χ2n) is 3.24. The van der Waals surface area contributed by atoms with Gasteiger partial charge in [-0.2, -0.15) is 0 Å². The molecule has 16 heavy (non-hydrogen) atoms. The molecule has 1 N–H and O–H groups in total. The van der Waals surface area contributed by atoms with Crippen molar-refractivity contribution in [3.05, 3.63) is 27.2 Å². The molecule has 0 aliphatic carbocycles. The van der Waals surface area contributed by atoms with Crippen LogP contribution in [0.1, 0.15) is 12.0 Å². The van der Waals surface area contributed by atoms with Crippen molar-refractivity contribution in [1.29, 1.82) is 0 Å². The van der Waals surface area contributed by atoms with Crippen molar-refractivity contribution in [2.75, 3.05) is 20.5 Å². The molecule has 0 spiro atoms. The summed E-state index contributed by atoms with van der Waals surface area (Å²) in [5.41, 5.74) is 0.987. The monoisotopic (exact) mass is 308 g/mol. The van der Waals surface area contributed by atoms with Crippen LogP contribution in [0.3, 0.4) is 0 Å². The lowest BCUT2D eigenvalue weighted by atomic mass is 10.1. The molecule has 0 saturated heterocycles. The van der Waals surface area contributed by atoms with Crippen molar-refractivity contribution in [2.45, 2.75) is 12.8 Å². The third-order valence-corrected chi connectivity index (χ3v) is 3.09. The highest BCUT2D eigenvalue weighted by Crippen LogP contribution is 2.31. The Kier molecular flexibility index (Phi) is 6.13. The van der Waals surface area contributed by atoms with Crippen LogP contribution in [-0.2, 0) is 11.2 Å². The Labute approximate surface area is 108 Å². The van der Waals surface area contributed by atoms with Crippen LogP contribution in [0.5, 0.6) is 5.75 Å². The number of methoxy groups -OCH3 is 1. The summed E-state index contributed by atoms with van der Waals surface area (Å²) in [6, 6.07) is 3.59. The molecule has 0 aromatic heterocycles. The van der Waals surface area contributed by atoms with Gasteiger partial charge in [-0.15, -0.1) is 0 Å². The van der Waals surface area contributed by atoms with Crippen molar-refractivity contribution in [2.24, 2.45) is 0 Å². The molecule has 0 amide bonds. The van der Waals surface area contributed by atoms with Crippen LogP contribution < -0.4 is 4.74 Å². The average Bonchev–Trinajstić information content (AvgIpc) is 2.25. The zero-order valence-corrected chi connectivity index (χ0v) is 11.3. The van der Waals surface area contributed by atoms with Crippen molar-refractivity contribution in [3.63, 3.8) is 0 Å². The molecule has 0 unspecified atom stereocenters. The Morgan fingerprint density at radius 3 is 2.75 bits per heavy atom. The van der Waals surface area contributed by atoms with Crippen LogP contribution in [0.25, 0.3) is 0 Å². The van der Waals surface area contributed by atoms with E-state index in [1.807, 2.05) is 6.07 Å². The van der Waals surface area contributed by atoms with Crippen LogP contribution in [0, 0.1) is 0 Å². The second kappa shape index (κ2) is 7.12. The SMILES string of the molecule is COCOc1cc(Cl)c(CCCO)c(Br)c1. The van der Waals surface area contributed by atoms with Gasteiger partial charge in [-0.25, -0.2) is 0 Å². The summed E-state index contributed by atoms with van der Waals surface area (Å²) < 4.78 is 11.0. The predicted molar refractivity (Wildman–Crippen MR) is 67.1 cm³/mol. The van der Waals surface area contributed by atoms with Crippen LogP contribution in [0.4, 0.5) is 0 Å². The van der Waals surface area contributed by atoms with Gasteiger partial charge in [0.15, 0.2) is 6.79 Å². The van der Waals surface area contributed by atoms with Gasteiger partial charge >= 0.3 is 0 Å². The fourth-order valence-corrected chi connectivity index (χ4v) is 2.34. The summed E-state index contributed by atoms with van der Waals surface area (Å²) in [6.45, 7) is 0.351. The normalized spacial score (nSPS) is 10.5. The molecule has 0 fully saturated rings. The number of aliphatic hydroxyl groups is 1. The molecule has 1 rings (SSSR count). The highest BCUT2D eigenvalue weighted by molar-refractivity contribution is 9.10. The van der Waals surface area contributed by atoms with E-state index in [9.17, 15) is 0 Å². The van der Waals surface area contributed by atoms with Gasteiger partial charge in [-0.1, -0.05) is 27.5 Å². The van der Waals surface area contributed by atoms with Gasteiger partial charge in [0, 0.05) is 23.2 Å². The molecule has 0 aliphatic heterocycles. The lowest BCUT2D eigenvalue weighted by molar-refractivity contribution is 0.0511. The topological polar surface area (TPSA) is 38.7 Å². The van der Waals surface area contributed by atoms with E-state index < -0.39 is 0 Å². The van der Waals surface area contributed by atoms with Crippen LogP contribution >= 0.6 is 27.5 Å². The third kappa shape index (κ3) is 3.94. The maximum atomic E-state index is 8.78. The Hall–Kier alpha value is -0.290. The van der Waals surface area contributed by atoms with E-state index in [1.54, 1.807) is 13.2 Å². The van der Waals surface area contributed by atoms with Gasteiger partial charge in [-0.05, 0) is 30.5 Å². The Morgan fingerprint density at radius 2 is 2.19 bits per heavy atom. The molecule has 90 valence electrons. The first-order chi connectivity index (χ1) is 7.69. The number of rotatable bonds is 6. The molecule has 0 heterocycles. The highest BCUT2D eigenvalue weighted by Gasteiger charge is 2.08. The van der Waals surface area contributed by atoms with Gasteiger partial charge in [-0.3, -0.25) is 0 Å². The van der Waals surface area contributed by atoms with Crippen molar-refractivity contribution >= 4 is 27.5 Å². The fourth-order valence-electron chi connectivity index (χ4n) is 1.28. The first-order valence-electron chi connectivity index (χ1n) is 4.89. The zero-order valence-electron chi connectivity index (χ0n) is 9.00. The van der Waals surface area contributed by atoms with Crippen molar-refractivity contribution < 1.29 is 14.6 Å². The maximum absolute atomic E-state index is 8.78. The molecule has 5 heteroatoms. The summed E-state index contributed by atoms with van der Waals surface area (Å²) >= 11 is 9.55. The molecule has 1 aromatic rings. The van der Waals surface area contributed by atoms with Crippen molar-refractivity contribution in [1.82, 2.24) is 0 Å². The summed E-state index contributed by atoms with van der Waals surface area (Å²) in [7, 11) is 1.56. The summed E-state index contributed by atoms with van der Waals surface area (Å²) in [5, 5.41) is 9.41. The highest BCUT2D eigenvalue weighted by atomic mass is 79.9. The molecular weight excluding hydrogens is 295 g/mol. The molecule has 0 aliphatic rings. The Balaban J connectivity index is 2.80. The minimum Gasteiger partial charge on any atom is -0.467 e. The minimum absolute atomic E-state index is 0.157. The molecule has 0 saturated carbocycles. The Bertz CT molecular complexity index is 321. The van der Waals surface area contributed by atoms with E-state index in [1.165, 1.54) is 0 Å². The smallest absolute Gasteiger partial charge is 0.188 e. The quantitative estimate of drug-likeness (QED) is 0.821. The van der Waals surface area contributed by atoms with E-state index in [0.717, 1.165) is 16.5 Å². The predicted octanol–water partition coefficient (Wildman–Crippen LogP) is 3.01. The first kappa shape index (κ1) is 13.8. The lowest BCUT2D eigenvalue weighted by Gasteiger charge is -2.10. The Morgan fingerprint density at radius 1 is 1.44 bits per heavy atom. The maximum Gasteiger partial charge on any atom is 0.188 e. The standard InChI is InChI=1S/C11H14BrClO3/c1-15-7-16-8-5-10(12)9(3-2-4-14)11(13)6-8/h5-6,14H,2-4,7H2,1H3. The number of benzene rings is 1. The van der Waals surface area contributed by atoms with Gasteiger partial charge < -0.3 is 14.6 Å². The number of ether oxygens (including phenoxy) is 2. The first-order valence-corrected chi connectivity index (χ1v) is 6.06. The summed E-state index contributed by atoms with van der Waals surface area (Å²) in [4.78, 5) is 0. The van der Waals surface area contributed by atoms with E-state index in [-0.39, 0.29) is 13.4 Å². The lowest BCUT2D eigenvalue weighted by Crippen LogP contribution is -2.00. The van der Waals surface area contributed by atoms with E-state index in [4.69, 9.17) is 26.2 Å². The molecule has 3 nitrogen and oxygen atoms in total. The second-order valence-corrected chi connectivity index (χ2v) is 4.51. The van der Waals surface area contributed by atoms with E-state index in [2.05, 4.69) is 15.9 Å². The average molecular weight is 310 g/mol.